The lowest BCUT2D eigenvalue weighted by molar-refractivity contribution is -0.123. The minimum absolute atomic E-state index is 0.0433. The van der Waals surface area contributed by atoms with E-state index in [9.17, 15) is 4.79 Å². The standard InChI is InChI=1S/C14H18N2OS/c15-13(18)12(8-10-4-2-1-3-5-10)14(17)16-9-11-6-7-11/h1-5,11-12H,6-9H2,(H2,15,18)(H,16,17). The van der Waals surface area contributed by atoms with Gasteiger partial charge >= 0.3 is 0 Å². The number of amides is 1. The zero-order valence-corrected chi connectivity index (χ0v) is 11.1. The van der Waals surface area contributed by atoms with Crippen molar-refractivity contribution in [2.24, 2.45) is 17.6 Å². The predicted molar refractivity (Wildman–Crippen MR) is 76.2 cm³/mol. The van der Waals surface area contributed by atoms with E-state index in [1.807, 2.05) is 30.3 Å². The number of thiocarbonyl (C=S) groups is 1. The molecule has 1 unspecified atom stereocenters. The topological polar surface area (TPSA) is 55.1 Å². The van der Waals surface area contributed by atoms with Crippen molar-refractivity contribution in [1.29, 1.82) is 0 Å². The van der Waals surface area contributed by atoms with E-state index in [0.717, 1.165) is 12.1 Å². The van der Waals surface area contributed by atoms with Crippen LogP contribution in [0.15, 0.2) is 30.3 Å². The van der Waals surface area contributed by atoms with Crippen LogP contribution in [0.2, 0.25) is 0 Å². The van der Waals surface area contributed by atoms with Crippen LogP contribution in [-0.4, -0.2) is 17.4 Å². The van der Waals surface area contributed by atoms with Gasteiger partial charge in [-0.15, -0.1) is 0 Å². The molecule has 1 aromatic rings. The molecule has 1 fully saturated rings. The number of hydrogen-bond donors (Lipinski definition) is 2. The number of benzene rings is 1. The third-order valence-corrected chi connectivity index (χ3v) is 3.49. The number of rotatable bonds is 6. The summed E-state index contributed by atoms with van der Waals surface area (Å²) in [7, 11) is 0. The Kier molecular flexibility index (Phi) is 4.31. The Morgan fingerprint density at radius 2 is 2.06 bits per heavy atom. The van der Waals surface area contributed by atoms with Crippen LogP contribution in [0.5, 0.6) is 0 Å². The lowest BCUT2D eigenvalue weighted by atomic mass is 9.98. The van der Waals surface area contributed by atoms with Gasteiger partial charge in [0.05, 0.1) is 10.9 Å². The number of nitrogens with two attached hydrogens (primary N) is 1. The second-order valence-electron chi connectivity index (χ2n) is 4.83. The minimum Gasteiger partial charge on any atom is -0.393 e. The average Bonchev–Trinajstić information content (AvgIpc) is 3.18. The Morgan fingerprint density at radius 1 is 1.39 bits per heavy atom. The molecule has 0 aliphatic heterocycles. The second-order valence-corrected chi connectivity index (χ2v) is 5.30. The van der Waals surface area contributed by atoms with Gasteiger partial charge < -0.3 is 11.1 Å². The first kappa shape index (κ1) is 13.0. The molecule has 3 N–H and O–H groups in total. The fraction of sp³-hybridized carbons (Fsp3) is 0.429. The molecule has 1 atom stereocenters. The summed E-state index contributed by atoms with van der Waals surface area (Å²) in [5, 5.41) is 2.94. The molecular formula is C14H18N2OS. The quantitative estimate of drug-likeness (QED) is 0.767. The van der Waals surface area contributed by atoms with Crippen LogP contribution in [0.4, 0.5) is 0 Å². The molecule has 1 saturated carbocycles. The van der Waals surface area contributed by atoms with E-state index in [0.29, 0.717) is 12.3 Å². The minimum atomic E-state index is -0.402. The Bertz CT molecular complexity index is 429. The van der Waals surface area contributed by atoms with Crippen molar-refractivity contribution in [1.82, 2.24) is 5.32 Å². The molecule has 2 rings (SSSR count). The van der Waals surface area contributed by atoms with Crippen LogP contribution in [0.1, 0.15) is 18.4 Å². The first-order chi connectivity index (χ1) is 8.66. The van der Waals surface area contributed by atoms with Crippen molar-refractivity contribution >= 4 is 23.1 Å². The van der Waals surface area contributed by atoms with E-state index < -0.39 is 5.92 Å². The van der Waals surface area contributed by atoms with Crippen LogP contribution in [0.25, 0.3) is 0 Å². The van der Waals surface area contributed by atoms with Crippen molar-refractivity contribution in [3.63, 3.8) is 0 Å². The molecule has 4 heteroatoms. The molecule has 0 radical (unpaired) electrons. The average molecular weight is 262 g/mol. The molecule has 1 aliphatic carbocycles. The van der Waals surface area contributed by atoms with E-state index in [2.05, 4.69) is 5.32 Å². The van der Waals surface area contributed by atoms with E-state index in [-0.39, 0.29) is 10.9 Å². The van der Waals surface area contributed by atoms with Crippen molar-refractivity contribution < 1.29 is 4.79 Å². The molecule has 0 aromatic heterocycles. The van der Waals surface area contributed by atoms with Crippen molar-refractivity contribution in [2.45, 2.75) is 19.3 Å². The first-order valence-electron chi connectivity index (χ1n) is 6.28. The highest BCUT2D eigenvalue weighted by Crippen LogP contribution is 2.27. The fourth-order valence-electron chi connectivity index (χ4n) is 1.86. The molecule has 0 bridgehead atoms. The maximum Gasteiger partial charge on any atom is 0.230 e. The Morgan fingerprint density at radius 3 is 2.61 bits per heavy atom. The SMILES string of the molecule is NC(=S)C(Cc1ccccc1)C(=O)NCC1CC1. The van der Waals surface area contributed by atoms with E-state index >= 15 is 0 Å². The van der Waals surface area contributed by atoms with E-state index in [4.69, 9.17) is 18.0 Å². The van der Waals surface area contributed by atoms with Crippen molar-refractivity contribution in [3.05, 3.63) is 35.9 Å². The summed E-state index contributed by atoms with van der Waals surface area (Å²) >= 11 is 5.00. The van der Waals surface area contributed by atoms with Gasteiger partial charge in [0, 0.05) is 6.54 Å². The largest absolute Gasteiger partial charge is 0.393 e. The lowest BCUT2D eigenvalue weighted by Gasteiger charge is -2.15. The number of carbonyl (C=O) groups is 1. The molecule has 3 nitrogen and oxygen atoms in total. The van der Waals surface area contributed by atoms with Crippen LogP contribution < -0.4 is 11.1 Å². The highest BCUT2D eigenvalue weighted by atomic mass is 32.1. The summed E-state index contributed by atoms with van der Waals surface area (Å²) < 4.78 is 0. The van der Waals surface area contributed by atoms with Gasteiger partial charge in [0.25, 0.3) is 0 Å². The van der Waals surface area contributed by atoms with Crippen LogP contribution in [-0.2, 0) is 11.2 Å². The Labute approximate surface area is 113 Å². The summed E-state index contributed by atoms with van der Waals surface area (Å²) in [6.07, 6.45) is 3.01. The predicted octanol–water partition coefficient (Wildman–Crippen LogP) is 1.66. The van der Waals surface area contributed by atoms with Crippen LogP contribution >= 0.6 is 12.2 Å². The molecular weight excluding hydrogens is 244 g/mol. The van der Waals surface area contributed by atoms with Gasteiger partial charge in [-0.3, -0.25) is 4.79 Å². The first-order valence-corrected chi connectivity index (χ1v) is 6.68. The van der Waals surface area contributed by atoms with Gasteiger partial charge in [0.2, 0.25) is 5.91 Å². The molecule has 1 amide bonds. The van der Waals surface area contributed by atoms with Gasteiger partial charge in [-0.1, -0.05) is 42.5 Å². The van der Waals surface area contributed by atoms with Gasteiger partial charge in [-0.25, -0.2) is 0 Å². The normalized spacial score (nSPS) is 16.0. The lowest BCUT2D eigenvalue weighted by Crippen LogP contribution is -2.39. The number of carbonyl (C=O) groups excluding carboxylic acids is 1. The summed E-state index contributed by atoms with van der Waals surface area (Å²) in [4.78, 5) is 12.3. The van der Waals surface area contributed by atoms with E-state index in [1.165, 1.54) is 12.8 Å². The Balaban J connectivity index is 1.94. The summed E-state index contributed by atoms with van der Waals surface area (Å²) in [5.74, 6) is 0.220. The molecule has 1 aromatic carbocycles. The monoisotopic (exact) mass is 262 g/mol. The summed E-state index contributed by atoms with van der Waals surface area (Å²) in [6.45, 7) is 0.757. The van der Waals surface area contributed by atoms with Gasteiger partial charge in [0.15, 0.2) is 0 Å². The van der Waals surface area contributed by atoms with Gasteiger partial charge in [-0.05, 0) is 30.7 Å². The van der Waals surface area contributed by atoms with Crippen LogP contribution in [0, 0.1) is 11.8 Å². The van der Waals surface area contributed by atoms with Gasteiger partial charge in [0.1, 0.15) is 0 Å². The van der Waals surface area contributed by atoms with Crippen molar-refractivity contribution in [3.8, 4) is 0 Å². The molecule has 0 heterocycles. The highest BCUT2D eigenvalue weighted by Gasteiger charge is 2.25. The maximum atomic E-state index is 12.0. The van der Waals surface area contributed by atoms with Gasteiger partial charge in [-0.2, -0.15) is 0 Å². The van der Waals surface area contributed by atoms with E-state index in [1.54, 1.807) is 0 Å². The maximum absolute atomic E-state index is 12.0. The smallest absolute Gasteiger partial charge is 0.230 e. The van der Waals surface area contributed by atoms with Crippen molar-refractivity contribution in [2.75, 3.05) is 6.54 Å². The third kappa shape index (κ3) is 3.81. The molecule has 1 aliphatic rings. The highest BCUT2D eigenvalue weighted by molar-refractivity contribution is 7.80. The summed E-state index contributed by atoms with van der Waals surface area (Å²) in [5.41, 5.74) is 6.76. The summed E-state index contributed by atoms with van der Waals surface area (Å²) in [6, 6.07) is 9.83. The molecule has 0 saturated heterocycles. The fourth-order valence-corrected chi connectivity index (χ4v) is 2.05. The third-order valence-electron chi connectivity index (χ3n) is 3.20. The molecule has 96 valence electrons. The number of hydrogen-bond acceptors (Lipinski definition) is 2. The molecule has 0 spiro atoms. The second kappa shape index (κ2) is 5.96. The Hall–Kier alpha value is -1.42. The number of nitrogens with one attached hydrogen (secondary N) is 1. The van der Waals surface area contributed by atoms with Crippen LogP contribution in [0.3, 0.4) is 0 Å². The zero-order valence-electron chi connectivity index (χ0n) is 10.3. The zero-order chi connectivity index (χ0) is 13.0. The molecule has 18 heavy (non-hydrogen) atoms.